The van der Waals surface area contributed by atoms with Crippen LogP contribution in [-0.2, 0) is 10.1 Å². The first kappa shape index (κ1) is 31.7. The molecule has 0 spiro atoms. The minimum absolute atomic E-state index is 0. The summed E-state index contributed by atoms with van der Waals surface area (Å²) in [5.74, 6) is -0.276. The number of aliphatic hydroxyl groups excluding tert-OH is 1. The van der Waals surface area contributed by atoms with Crippen LogP contribution in [0.5, 0.6) is 0 Å². The van der Waals surface area contributed by atoms with Gasteiger partial charge in [-0.05, 0) is 19.3 Å². The van der Waals surface area contributed by atoms with Crippen LogP contribution in [0, 0.1) is 0 Å². The van der Waals surface area contributed by atoms with Crippen LogP contribution in [-0.4, -0.2) is 29.9 Å². The van der Waals surface area contributed by atoms with Crippen molar-refractivity contribution in [3.05, 3.63) is 0 Å². The van der Waals surface area contributed by atoms with Gasteiger partial charge in [-0.2, -0.15) is 0 Å². The summed E-state index contributed by atoms with van der Waals surface area (Å²) >= 11 is 0. The first-order valence-corrected chi connectivity index (χ1v) is 13.1. The van der Waals surface area contributed by atoms with Crippen molar-refractivity contribution in [2.24, 2.45) is 0 Å². The molecule has 0 saturated heterocycles. The number of aliphatic hydroxyl groups is 1. The third-order valence-corrected chi connectivity index (χ3v) is 6.11. The summed E-state index contributed by atoms with van der Waals surface area (Å²) in [7, 11) is -4.07. The molecule has 0 aromatic heterocycles. The molecule has 6 heteroatoms. The molecule has 164 valence electrons. The third kappa shape index (κ3) is 27.5. The van der Waals surface area contributed by atoms with Gasteiger partial charge in [-0.3, -0.25) is 0 Å². The van der Waals surface area contributed by atoms with Crippen molar-refractivity contribution >= 4 is 10.1 Å². The smallest absolute Gasteiger partial charge is 0.748 e. The molecule has 0 amide bonds. The third-order valence-electron chi connectivity index (χ3n) is 5.32. The van der Waals surface area contributed by atoms with Crippen LogP contribution in [0.4, 0.5) is 0 Å². The van der Waals surface area contributed by atoms with Crippen LogP contribution in [0.25, 0.3) is 0 Å². The number of rotatable bonds is 21. The molecule has 0 bridgehead atoms. The number of unbranched alkanes of at least 4 members (excludes halogenated alkanes) is 15. The molecule has 0 saturated carbocycles. The first-order valence-electron chi connectivity index (χ1n) is 11.6. The van der Waals surface area contributed by atoms with E-state index in [1.54, 1.807) is 0 Å². The van der Waals surface area contributed by atoms with E-state index in [2.05, 4.69) is 6.92 Å². The van der Waals surface area contributed by atoms with Gasteiger partial charge in [0.2, 0.25) is 0 Å². The van der Waals surface area contributed by atoms with Crippen molar-refractivity contribution < 1.29 is 69.5 Å². The van der Waals surface area contributed by atoms with Crippen LogP contribution in [0.1, 0.15) is 129 Å². The van der Waals surface area contributed by atoms with Crippen LogP contribution >= 0.6 is 0 Å². The van der Waals surface area contributed by atoms with Gasteiger partial charge in [0.05, 0.1) is 16.2 Å². The Labute approximate surface area is 218 Å². The normalized spacial score (nSPS) is 12.7. The predicted molar refractivity (Wildman–Crippen MR) is 114 cm³/mol. The molecule has 0 aromatic rings. The predicted octanol–water partition coefficient (Wildman–Crippen LogP) is 3.33. The summed E-state index contributed by atoms with van der Waals surface area (Å²) in [4.78, 5) is 0. The molecule has 1 N–H and O–H groups in total. The topological polar surface area (TPSA) is 77.4 Å². The van der Waals surface area contributed by atoms with Crippen LogP contribution in [0.15, 0.2) is 0 Å². The van der Waals surface area contributed by atoms with E-state index < -0.39 is 10.1 Å². The van der Waals surface area contributed by atoms with Gasteiger partial charge < -0.3 is 9.66 Å². The second-order valence-electron chi connectivity index (χ2n) is 8.15. The summed E-state index contributed by atoms with van der Waals surface area (Å²) in [5.41, 5.74) is 0. The van der Waals surface area contributed by atoms with E-state index in [1.165, 1.54) is 83.5 Å². The second-order valence-corrected chi connectivity index (χ2v) is 9.67. The van der Waals surface area contributed by atoms with Gasteiger partial charge in [-0.15, -0.1) is 0 Å². The second kappa shape index (κ2) is 23.2. The summed E-state index contributed by atoms with van der Waals surface area (Å²) in [6.45, 7) is 2.26. The monoisotopic (exact) mass is 444 g/mol. The summed E-state index contributed by atoms with van der Waals surface area (Å²) in [6.07, 6.45) is 22.0. The van der Waals surface area contributed by atoms with Gasteiger partial charge in [0.15, 0.2) is 0 Å². The molecule has 0 aliphatic carbocycles. The van der Waals surface area contributed by atoms with Gasteiger partial charge in [0.1, 0.15) is 0 Å². The van der Waals surface area contributed by atoms with E-state index in [4.69, 9.17) is 0 Å². The fraction of sp³-hybridized carbons (Fsp3) is 1.00. The Morgan fingerprint density at radius 1 is 0.643 bits per heavy atom. The molecular weight excluding hydrogens is 399 g/mol. The molecular formula is C22H45KO4S. The number of hydrogen-bond donors (Lipinski definition) is 1. The van der Waals surface area contributed by atoms with Crippen LogP contribution in [0.2, 0.25) is 0 Å². The van der Waals surface area contributed by atoms with Gasteiger partial charge in [-0.1, -0.05) is 110 Å². The molecule has 4 nitrogen and oxygen atoms in total. The Morgan fingerprint density at radius 2 is 0.964 bits per heavy atom. The van der Waals surface area contributed by atoms with E-state index in [0.29, 0.717) is 12.8 Å². The largest absolute Gasteiger partial charge is 1.00 e. The zero-order valence-electron chi connectivity index (χ0n) is 18.8. The Kier molecular flexibility index (Phi) is 26.2. The Bertz CT molecular complexity index is 401. The van der Waals surface area contributed by atoms with Gasteiger partial charge in [0, 0.05) is 5.75 Å². The van der Waals surface area contributed by atoms with Gasteiger partial charge in [-0.25, -0.2) is 8.42 Å². The Hall–Kier alpha value is 1.51. The molecule has 0 heterocycles. The molecule has 1 atom stereocenters. The van der Waals surface area contributed by atoms with Gasteiger partial charge in [0.25, 0.3) is 0 Å². The molecule has 0 aliphatic heterocycles. The average Bonchev–Trinajstić information content (AvgIpc) is 2.60. The van der Waals surface area contributed by atoms with E-state index in [9.17, 15) is 18.1 Å². The van der Waals surface area contributed by atoms with Gasteiger partial charge >= 0.3 is 51.4 Å². The SMILES string of the molecule is CCCCCCCCCCCCCCCCC(O)CCCCCS(=O)(=O)[O-].[K+]. The van der Waals surface area contributed by atoms with E-state index >= 15 is 0 Å². The zero-order chi connectivity index (χ0) is 20.2. The molecule has 0 radical (unpaired) electrons. The maximum absolute atomic E-state index is 10.5. The Morgan fingerprint density at radius 3 is 1.32 bits per heavy atom. The maximum atomic E-state index is 10.5. The zero-order valence-corrected chi connectivity index (χ0v) is 22.7. The summed E-state index contributed by atoms with van der Waals surface area (Å²) in [5, 5.41) is 9.92. The summed E-state index contributed by atoms with van der Waals surface area (Å²) in [6, 6.07) is 0. The van der Waals surface area contributed by atoms with E-state index in [0.717, 1.165) is 25.7 Å². The average molecular weight is 445 g/mol. The molecule has 0 fully saturated rings. The molecule has 28 heavy (non-hydrogen) atoms. The fourth-order valence-corrected chi connectivity index (χ4v) is 4.11. The fourth-order valence-electron chi connectivity index (χ4n) is 3.55. The van der Waals surface area contributed by atoms with Crippen LogP contribution < -0.4 is 51.4 Å². The summed E-state index contributed by atoms with van der Waals surface area (Å²) < 4.78 is 31.4. The van der Waals surface area contributed by atoms with Crippen LogP contribution in [0.3, 0.4) is 0 Å². The molecule has 0 rings (SSSR count). The first-order chi connectivity index (χ1) is 13.0. The maximum Gasteiger partial charge on any atom is 1.00 e. The van der Waals surface area contributed by atoms with Crippen molar-refractivity contribution in [1.29, 1.82) is 0 Å². The van der Waals surface area contributed by atoms with E-state index in [1.807, 2.05) is 0 Å². The molecule has 0 aliphatic rings. The minimum atomic E-state index is -4.07. The Balaban J connectivity index is 0. The van der Waals surface area contributed by atoms with E-state index in [-0.39, 0.29) is 63.2 Å². The number of hydrogen-bond acceptors (Lipinski definition) is 4. The molecule has 1 unspecified atom stereocenters. The quantitative estimate of drug-likeness (QED) is 0.167. The van der Waals surface area contributed by atoms with Crippen molar-refractivity contribution in [1.82, 2.24) is 0 Å². The van der Waals surface area contributed by atoms with Crippen molar-refractivity contribution in [3.8, 4) is 0 Å². The van der Waals surface area contributed by atoms with Crippen molar-refractivity contribution in [3.63, 3.8) is 0 Å². The molecule has 0 aromatic carbocycles. The standard InChI is InChI=1S/C22H46O4S.K/c1-2-3-4-5-6-7-8-9-10-11-12-13-14-16-19-22(23)20-17-15-18-21-27(24,25)26;/h22-23H,2-21H2,1H3,(H,24,25,26);/q;+1/p-1. The minimum Gasteiger partial charge on any atom is -0.748 e. The van der Waals surface area contributed by atoms with Crippen molar-refractivity contribution in [2.45, 2.75) is 135 Å². The van der Waals surface area contributed by atoms with Crippen molar-refractivity contribution in [2.75, 3.05) is 5.75 Å².